The van der Waals surface area contributed by atoms with E-state index in [4.69, 9.17) is 15.2 Å². The first-order valence-electron chi connectivity index (χ1n) is 7.80. The van der Waals surface area contributed by atoms with Crippen LogP contribution >= 0.6 is 0 Å². The Morgan fingerprint density at radius 1 is 1.35 bits per heavy atom. The molecular weight excluding hydrogens is 294 g/mol. The molecule has 0 radical (unpaired) electrons. The summed E-state index contributed by atoms with van der Waals surface area (Å²) in [6.45, 7) is 2.27. The molecule has 6 nitrogen and oxygen atoms in total. The molecule has 1 saturated heterocycles. The van der Waals surface area contributed by atoms with E-state index in [1.165, 1.54) is 0 Å². The van der Waals surface area contributed by atoms with Crippen LogP contribution in [0.15, 0.2) is 29.4 Å². The van der Waals surface area contributed by atoms with Crippen LogP contribution in [0.2, 0.25) is 0 Å². The van der Waals surface area contributed by atoms with Crippen molar-refractivity contribution in [2.24, 2.45) is 5.16 Å². The van der Waals surface area contributed by atoms with Crippen LogP contribution in [0.1, 0.15) is 36.8 Å². The average molecular weight is 313 g/mol. The number of hydrogen-bond donors (Lipinski definition) is 1. The number of hydrogen-bond acceptors (Lipinski definition) is 5. The first-order valence-corrected chi connectivity index (χ1v) is 7.80. The highest BCUT2D eigenvalue weighted by atomic mass is 16.7. The van der Waals surface area contributed by atoms with Gasteiger partial charge in [-0.1, -0.05) is 17.3 Å². The monoisotopic (exact) mass is 313 g/mol. The molecule has 1 aromatic carbocycles. The van der Waals surface area contributed by atoms with E-state index in [1.807, 2.05) is 12.1 Å². The minimum Gasteiger partial charge on any atom is -0.481 e. The molecule has 0 bridgehead atoms. The van der Waals surface area contributed by atoms with Gasteiger partial charge in [0.05, 0.1) is 23.8 Å². The van der Waals surface area contributed by atoms with Gasteiger partial charge in [0.2, 0.25) is 0 Å². The maximum Gasteiger partial charge on any atom is 0.304 e. The van der Waals surface area contributed by atoms with Gasteiger partial charge < -0.3 is 14.8 Å². The fourth-order valence-electron chi connectivity index (χ4n) is 3.12. The van der Waals surface area contributed by atoms with Crippen LogP contribution in [0.5, 0.6) is 0 Å². The molecule has 0 amide bonds. The summed E-state index contributed by atoms with van der Waals surface area (Å²) in [6.07, 6.45) is 2.66. The fraction of sp³-hybridized carbons (Fsp3) is 0.471. The van der Waals surface area contributed by atoms with Crippen molar-refractivity contribution in [3.05, 3.63) is 35.4 Å². The minimum atomic E-state index is -0.756. The zero-order valence-corrected chi connectivity index (χ0v) is 12.9. The Labute approximate surface area is 135 Å². The summed E-state index contributed by atoms with van der Waals surface area (Å²) in [7, 11) is 0. The van der Waals surface area contributed by atoms with Gasteiger partial charge in [-0.05, 0) is 17.7 Å². The van der Waals surface area contributed by atoms with E-state index in [0.29, 0.717) is 12.1 Å². The van der Waals surface area contributed by atoms with Crippen LogP contribution in [-0.4, -0.2) is 46.9 Å². The SMILES string of the molecule is N#Cc1ccc(C2=NOC3(CCN(CCC(=O)O)CC3)C2)cc1. The van der Waals surface area contributed by atoms with Crippen LogP contribution in [0.3, 0.4) is 0 Å². The molecule has 0 unspecified atom stereocenters. The van der Waals surface area contributed by atoms with Crippen LogP contribution in [0.25, 0.3) is 0 Å². The van der Waals surface area contributed by atoms with E-state index in [0.717, 1.165) is 43.6 Å². The molecule has 1 N–H and O–H groups in total. The first-order chi connectivity index (χ1) is 11.1. The Morgan fingerprint density at radius 2 is 2.04 bits per heavy atom. The third-order valence-corrected chi connectivity index (χ3v) is 4.60. The van der Waals surface area contributed by atoms with Crippen molar-refractivity contribution in [1.29, 1.82) is 5.26 Å². The van der Waals surface area contributed by atoms with E-state index < -0.39 is 5.97 Å². The Bertz CT molecular complexity index is 653. The second-order valence-electron chi connectivity index (χ2n) is 6.16. The Morgan fingerprint density at radius 3 is 2.65 bits per heavy atom. The van der Waals surface area contributed by atoms with Gasteiger partial charge in [-0.15, -0.1) is 0 Å². The molecule has 0 aliphatic carbocycles. The van der Waals surface area contributed by atoms with Crippen molar-refractivity contribution in [3.63, 3.8) is 0 Å². The lowest BCUT2D eigenvalue weighted by atomic mass is 9.85. The highest BCUT2D eigenvalue weighted by Gasteiger charge is 2.42. The van der Waals surface area contributed by atoms with Crippen molar-refractivity contribution < 1.29 is 14.7 Å². The molecule has 1 spiro atoms. The summed E-state index contributed by atoms with van der Waals surface area (Å²) >= 11 is 0. The molecule has 23 heavy (non-hydrogen) atoms. The molecule has 2 aliphatic heterocycles. The third-order valence-electron chi connectivity index (χ3n) is 4.60. The zero-order valence-electron chi connectivity index (χ0n) is 12.9. The maximum absolute atomic E-state index is 10.6. The normalized spacial score (nSPS) is 19.9. The van der Waals surface area contributed by atoms with E-state index in [-0.39, 0.29) is 12.0 Å². The second kappa shape index (κ2) is 6.39. The van der Waals surface area contributed by atoms with Crippen molar-refractivity contribution >= 4 is 11.7 Å². The largest absolute Gasteiger partial charge is 0.481 e. The standard InChI is InChI=1S/C17H19N3O3/c18-12-13-1-3-14(4-2-13)15-11-17(23-19-15)6-9-20(10-7-17)8-5-16(21)22/h1-4H,5-11H2,(H,21,22). The molecule has 120 valence electrons. The lowest BCUT2D eigenvalue weighted by Crippen LogP contribution is -2.45. The zero-order chi connectivity index (χ0) is 16.3. The summed E-state index contributed by atoms with van der Waals surface area (Å²) in [4.78, 5) is 18.6. The third kappa shape index (κ3) is 3.51. The van der Waals surface area contributed by atoms with Gasteiger partial charge in [0.15, 0.2) is 0 Å². The number of aliphatic carboxylic acids is 1. The van der Waals surface area contributed by atoms with Gasteiger partial charge >= 0.3 is 5.97 Å². The number of carboxylic acid groups (broad SMARTS) is 1. The lowest BCUT2D eigenvalue weighted by molar-refractivity contribution is -0.137. The van der Waals surface area contributed by atoms with Crippen LogP contribution in [0, 0.1) is 11.3 Å². The first kappa shape index (κ1) is 15.5. The van der Waals surface area contributed by atoms with Gasteiger partial charge in [0.25, 0.3) is 0 Å². The predicted octanol–water partition coefficient (Wildman–Crippen LogP) is 1.99. The Kier molecular flexibility index (Phi) is 4.30. The number of piperidine rings is 1. The van der Waals surface area contributed by atoms with Gasteiger partial charge in [0, 0.05) is 38.9 Å². The van der Waals surface area contributed by atoms with Crippen molar-refractivity contribution in [2.75, 3.05) is 19.6 Å². The van der Waals surface area contributed by atoms with Gasteiger partial charge in [-0.25, -0.2) is 0 Å². The Balaban J connectivity index is 1.56. The van der Waals surface area contributed by atoms with E-state index in [2.05, 4.69) is 16.1 Å². The minimum absolute atomic E-state index is 0.181. The number of nitrogens with zero attached hydrogens (tertiary/aromatic N) is 3. The Hall–Kier alpha value is -2.39. The molecule has 6 heteroatoms. The van der Waals surface area contributed by atoms with Gasteiger partial charge in [0.1, 0.15) is 5.60 Å². The van der Waals surface area contributed by atoms with Crippen LogP contribution in [0.4, 0.5) is 0 Å². The smallest absolute Gasteiger partial charge is 0.304 e. The summed E-state index contributed by atoms with van der Waals surface area (Å²) in [5.74, 6) is -0.756. The fourth-order valence-corrected chi connectivity index (χ4v) is 3.12. The van der Waals surface area contributed by atoms with Crippen molar-refractivity contribution in [2.45, 2.75) is 31.3 Å². The number of likely N-dealkylation sites (tertiary alicyclic amines) is 1. The topological polar surface area (TPSA) is 85.9 Å². The van der Waals surface area contributed by atoms with Crippen molar-refractivity contribution in [1.82, 2.24) is 4.90 Å². The quantitative estimate of drug-likeness (QED) is 0.918. The van der Waals surface area contributed by atoms with Gasteiger partial charge in [-0.3, -0.25) is 4.79 Å². The number of carbonyl (C=O) groups is 1. The van der Waals surface area contributed by atoms with Crippen LogP contribution < -0.4 is 0 Å². The molecule has 0 aromatic heterocycles. The number of benzene rings is 1. The number of nitriles is 1. The predicted molar refractivity (Wildman–Crippen MR) is 84.1 cm³/mol. The second-order valence-corrected chi connectivity index (χ2v) is 6.16. The average Bonchev–Trinajstić information content (AvgIpc) is 2.98. The molecule has 2 heterocycles. The maximum atomic E-state index is 10.6. The van der Waals surface area contributed by atoms with E-state index in [9.17, 15) is 4.79 Å². The molecule has 1 fully saturated rings. The molecule has 0 saturated carbocycles. The summed E-state index contributed by atoms with van der Waals surface area (Å²) in [6, 6.07) is 9.50. The van der Waals surface area contributed by atoms with Crippen LogP contribution in [-0.2, 0) is 9.63 Å². The summed E-state index contributed by atoms with van der Waals surface area (Å²) in [5, 5.41) is 21.9. The molecule has 1 aromatic rings. The van der Waals surface area contributed by atoms with Crippen molar-refractivity contribution in [3.8, 4) is 6.07 Å². The lowest BCUT2D eigenvalue weighted by Gasteiger charge is -2.37. The highest BCUT2D eigenvalue weighted by Crippen LogP contribution is 2.36. The molecule has 3 rings (SSSR count). The number of oxime groups is 1. The number of rotatable bonds is 4. The molecule has 2 aliphatic rings. The summed E-state index contributed by atoms with van der Waals surface area (Å²) in [5.41, 5.74) is 2.31. The van der Waals surface area contributed by atoms with E-state index >= 15 is 0 Å². The highest BCUT2D eigenvalue weighted by molar-refractivity contribution is 6.01. The molecular formula is C17H19N3O3. The van der Waals surface area contributed by atoms with E-state index in [1.54, 1.807) is 12.1 Å². The number of carboxylic acids is 1. The molecule has 0 atom stereocenters. The van der Waals surface area contributed by atoms with Gasteiger partial charge in [-0.2, -0.15) is 5.26 Å². The summed E-state index contributed by atoms with van der Waals surface area (Å²) < 4.78 is 0.